The number of hydrogen-bond acceptors (Lipinski definition) is 4. The number of rotatable bonds is 5. The maximum absolute atomic E-state index is 11.8. The number of hydrogen-bond donors (Lipinski definition) is 2. The molecule has 5 nitrogen and oxygen atoms in total. The Kier molecular flexibility index (Phi) is 4.20. The number of amides is 1. The number of fused-ring (bicyclic) bond motifs is 1. The van der Waals surface area contributed by atoms with Gasteiger partial charge in [0.25, 0.3) is 5.91 Å². The van der Waals surface area contributed by atoms with E-state index in [0.29, 0.717) is 24.0 Å². The normalized spacial score (nSPS) is 10.5. The third-order valence-corrected chi connectivity index (χ3v) is 2.60. The van der Waals surface area contributed by atoms with Crippen molar-refractivity contribution in [2.45, 2.75) is 12.8 Å². The molecule has 0 radical (unpaired) electrons. The average Bonchev–Trinajstić information content (AvgIpc) is 2.43. The van der Waals surface area contributed by atoms with Crippen LogP contribution < -0.4 is 5.32 Å². The van der Waals surface area contributed by atoms with Crippen LogP contribution in [0.4, 0.5) is 0 Å². The smallest absolute Gasteiger partial charge is 0.251 e. The molecule has 2 rings (SSSR count). The van der Waals surface area contributed by atoms with Crippen molar-refractivity contribution >= 4 is 16.9 Å². The van der Waals surface area contributed by atoms with Crippen molar-refractivity contribution in [2.24, 2.45) is 0 Å². The zero-order chi connectivity index (χ0) is 12.8. The lowest BCUT2D eigenvalue weighted by Gasteiger charge is -2.05. The van der Waals surface area contributed by atoms with E-state index in [4.69, 9.17) is 5.11 Å². The van der Waals surface area contributed by atoms with E-state index in [-0.39, 0.29) is 12.5 Å². The lowest BCUT2D eigenvalue weighted by molar-refractivity contribution is 0.0952. The first-order valence-electron chi connectivity index (χ1n) is 5.91. The van der Waals surface area contributed by atoms with Gasteiger partial charge >= 0.3 is 0 Å². The van der Waals surface area contributed by atoms with Crippen molar-refractivity contribution < 1.29 is 9.90 Å². The van der Waals surface area contributed by atoms with Gasteiger partial charge < -0.3 is 10.4 Å². The van der Waals surface area contributed by atoms with Crippen molar-refractivity contribution in [1.82, 2.24) is 15.3 Å². The van der Waals surface area contributed by atoms with Crippen molar-refractivity contribution in [2.75, 3.05) is 13.2 Å². The van der Waals surface area contributed by atoms with Crippen LogP contribution in [0, 0.1) is 0 Å². The zero-order valence-electron chi connectivity index (χ0n) is 9.97. The Hall–Kier alpha value is -2.01. The molecule has 1 aromatic carbocycles. The molecule has 0 aliphatic rings. The molecule has 0 aliphatic carbocycles. The molecule has 5 heteroatoms. The Morgan fingerprint density at radius 3 is 2.72 bits per heavy atom. The number of unbranched alkanes of at least 4 members (excludes halogenated alkanes) is 1. The maximum atomic E-state index is 11.8. The van der Waals surface area contributed by atoms with Crippen LogP contribution in [0.3, 0.4) is 0 Å². The van der Waals surface area contributed by atoms with Crippen LogP contribution in [-0.4, -0.2) is 34.1 Å². The molecule has 0 saturated carbocycles. The summed E-state index contributed by atoms with van der Waals surface area (Å²) in [5.74, 6) is -0.125. The van der Waals surface area contributed by atoms with Gasteiger partial charge in [0.1, 0.15) is 0 Å². The highest BCUT2D eigenvalue weighted by Crippen LogP contribution is 2.10. The number of nitrogens with zero attached hydrogens (tertiary/aromatic N) is 2. The van der Waals surface area contributed by atoms with Crippen molar-refractivity contribution in [3.8, 4) is 0 Å². The molecule has 0 aliphatic heterocycles. The Morgan fingerprint density at radius 1 is 1.17 bits per heavy atom. The average molecular weight is 245 g/mol. The predicted octanol–water partition coefficient (Wildman–Crippen LogP) is 1.13. The van der Waals surface area contributed by atoms with Crippen LogP contribution in [0.2, 0.25) is 0 Å². The first-order valence-corrected chi connectivity index (χ1v) is 5.91. The summed E-state index contributed by atoms with van der Waals surface area (Å²) >= 11 is 0. The number of aromatic nitrogens is 2. The summed E-state index contributed by atoms with van der Waals surface area (Å²) in [6.45, 7) is 0.722. The summed E-state index contributed by atoms with van der Waals surface area (Å²) in [6.07, 6.45) is 4.70. The molecular formula is C13H15N3O2. The van der Waals surface area contributed by atoms with Gasteiger partial charge in [-0.1, -0.05) is 0 Å². The molecule has 0 bridgehead atoms. The minimum absolute atomic E-state index is 0.125. The van der Waals surface area contributed by atoms with Crippen molar-refractivity contribution in [3.63, 3.8) is 0 Å². The standard InChI is InChI=1S/C13H15N3O2/c17-8-2-1-5-16-13(18)10-3-4-11-12(9-10)15-7-6-14-11/h3-4,6-7,9,17H,1-2,5,8H2,(H,16,18). The fraction of sp³-hybridized carbons (Fsp3) is 0.308. The number of aliphatic hydroxyl groups is 1. The second kappa shape index (κ2) is 6.07. The fourth-order valence-electron chi connectivity index (χ4n) is 1.65. The molecule has 94 valence electrons. The van der Waals surface area contributed by atoms with E-state index < -0.39 is 0 Å². The van der Waals surface area contributed by atoms with E-state index in [1.807, 2.05) is 0 Å². The maximum Gasteiger partial charge on any atom is 0.251 e. The summed E-state index contributed by atoms with van der Waals surface area (Å²) in [7, 11) is 0. The SMILES string of the molecule is O=C(NCCCCO)c1ccc2nccnc2c1. The van der Waals surface area contributed by atoms with Crippen LogP contribution in [0.15, 0.2) is 30.6 Å². The summed E-state index contributed by atoms with van der Waals surface area (Å²) in [5, 5.41) is 11.4. The van der Waals surface area contributed by atoms with E-state index >= 15 is 0 Å². The van der Waals surface area contributed by atoms with E-state index in [9.17, 15) is 4.79 Å². The third kappa shape index (κ3) is 3.01. The number of carbonyl (C=O) groups excluding carboxylic acids is 1. The third-order valence-electron chi connectivity index (χ3n) is 2.60. The Labute approximate surface area is 105 Å². The van der Waals surface area contributed by atoms with Gasteiger partial charge in [-0.15, -0.1) is 0 Å². The Morgan fingerprint density at radius 2 is 1.94 bits per heavy atom. The van der Waals surface area contributed by atoms with Crippen molar-refractivity contribution in [1.29, 1.82) is 0 Å². The van der Waals surface area contributed by atoms with Gasteiger partial charge in [0.15, 0.2) is 0 Å². The van der Waals surface area contributed by atoms with Gasteiger partial charge in [0, 0.05) is 31.1 Å². The fourth-order valence-corrected chi connectivity index (χ4v) is 1.65. The molecule has 0 atom stereocenters. The molecule has 0 spiro atoms. The van der Waals surface area contributed by atoms with Gasteiger partial charge in [0.2, 0.25) is 0 Å². The predicted molar refractivity (Wildman–Crippen MR) is 68.2 cm³/mol. The van der Waals surface area contributed by atoms with Crippen molar-refractivity contribution in [3.05, 3.63) is 36.2 Å². The molecule has 2 N–H and O–H groups in total. The van der Waals surface area contributed by atoms with Crippen LogP contribution >= 0.6 is 0 Å². The first-order chi connectivity index (χ1) is 8.81. The molecule has 18 heavy (non-hydrogen) atoms. The van der Waals surface area contributed by atoms with Crippen LogP contribution in [0.5, 0.6) is 0 Å². The number of carbonyl (C=O) groups is 1. The van der Waals surface area contributed by atoms with Crippen LogP contribution in [-0.2, 0) is 0 Å². The molecule has 0 unspecified atom stereocenters. The quantitative estimate of drug-likeness (QED) is 0.774. The lowest BCUT2D eigenvalue weighted by atomic mass is 10.2. The minimum atomic E-state index is -0.125. The highest BCUT2D eigenvalue weighted by atomic mass is 16.2. The Balaban J connectivity index is 2.04. The van der Waals surface area contributed by atoms with E-state index in [2.05, 4.69) is 15.3 Å². The molecular weight excluding hydrogens is 230 g/mol. The summed E-state index contributed by atoms with van der Waals surface area (Å²) in [6, 6.07) is 5.24. The number of benzene rings is 1. The summed E-state index contributed by atoms with van der Waals surface area (Å²) in [5.41, 5.74) is 2.06. The van der Waals surface area contributed by atoms with E-state index in [1.165, 1.54) is 0 Å². The molecule has 0 fully saturated rings. The lowest BCUT2D eigenvalue weighted by Crippen LogP contribution is -2.24. The van der Waals surface area contributed by atoms with Gasteiger partial charge in [-0.05, 0) is 31.0 Å². The van der Waals surface area contributed by atoms with Gasteiger partial charge in [-0.25, -0.2) is 0 Å². The zero-order valence-corrected chi connectivity index (χ0v) is 9.97. The Bertz CT molecular complexity index is 543. The first kappa shape index (κ1) is 12.4. The molecule has 1 amide bonds. The van der Waals surface area contributed by atoms with Gasteiger partial charge in [-0.3, -0.25) is 14.8 Å². The van der Waals surface area contributed by atoms with Crippen LogP contribution in [0.1, 0.15) is 23.2 Å². The second-order valence-electron chi connectivity index (χ2n) is 3.95. The largest absolute Gasteiger partial charge is 0.396 e. The van der Waals surface area contributed by atoms with E-state index in [0.717, 1.165) is 11.9 Å². The highest BCUT2D eigenvalue weighted by molar-refractivity contribution is 5.97. The van der Waals surface area contributed by atoms with E-state index in [1.54, 1.807) is 30.6 Å². The molecule has 1 aromatic heterocycles. The number of aliphatic hydroxyl groups excluding tert-OH is 1. The molecule has 0 saturated heterocycles. The highest BCUT2D eigenvalue weighted by Gasteiger charge is 2.06. The monoisotopic (exact) mass is 245 g/mol. The van der Waals surface area contributed by atoms with Crippen LogP contribution in [0.25, 0.3) is 11.0 Å². The minimum Gasteiger partial charge on any atom is -0.396 e. The summed E-state index contributed by atoms with van der Waals surface area (Å²) in [4.78, 5) is 20.1. The van der Waals surface area contributed by atoms with Gasteiger partial charge in [0.05, 0.1) is 11.0 Å². The summed E-state index contributed by atoms with van der Waals surface area (Å²) < 4.78 is 0. The van der Waals surface area contributed by atoms with Gasteiger partial charge in [-0.2, -0.15) is 0 Å². The molecule has 2 aromatic rings. The topological polar surface area (TPSA) is 75.1 Å². The molecule has 1 heterocycles. The number of nitrogens with one attached hydrogen (secondary N) is 1. The second-order valence-corrected chi connectivity index (χ2v) is 3.95.